The molecule has 4 nitrogen and oxygen atoms in total. The first-order valence-electron chi connectivity index (χ1n) is 10.3. The molecule has 1 aromatic rings. The highest BCUT2D eigenvalue weighted by Gasteiger charge is 2.39. The molecule has 0 N–H and O–H groups in total. The van der Waals surface area contributed by atoms with Gasteiger partial charge in [0.2, 0.25) is 0 Å². The van der Waals surface area contributed by atoms with Crippen molar-refractivity contribution in [3.05, 3.63) is 34.9 Å². The van der Waals surface area contributed by atoms with E-state index < -0.39 is 0 Å². The van der Waals surface area contributed by atoms with Crippen molar-refractivity contribution in [1.82, 2.24) is 0 Å². The van der Waals surface area contributed by atoms with Crippen LogP contribution in [-0.4, -0.2) is 49.0 Å². The van der Waals surface area contributed by atoms with Crippen LogP contribution in [0.4, 0.5) is 0 Å². The normalized spacial score (nSPS) is 22.7. The molecule has 4 heteroatoms. The van der Waals surface area contributed by atoms with Gasteiger partial charge in [-0.3, -0.25) is 9.59 Å². The number of hydrogen-bond acceptors (Lipinski definition) is 3. The van der Waals surface area contributed by atoms with Crippen molar-refractivity contribution in [2.45, 2.75) is 53.9 Å². The highest BCUT2D eigenvalue weighted by molar-refractivity contribution is 5.82. The first kappa shape index (κ1) is 21.6. The average Bonchev–Trinajstić information content (AvgIpc) is 2.63. The van der Waals surface area contributed by atoms with Crippen LogP contribution in [0.1, 0.15) is 50.3 Å². The van der Waals surface area contributed by atoms with Crippen molar-refractivity contribution in [3.63, 3.8) is 0 Å². The van der Waals surface area contributed by atoms with Crippen molar-refractivity contribution in [3.8, 4) is 0 Å². The Morgan fingerprint density at radius 1 is 1.22 bits per heavy atom. The van der Waals surface area contributed by atoms with Crippen LogP contribution >= 0.6 is 0 Å². The molecule has 27 heavy (non-hydrogen) atoms. The summed E-state index contributed by atoms with van der Waals surface area (Å²) < 4.78 is 6.19. The molecule has 2 rings (SSSR count). The number of nitrogens with zero attached hydrogens (tertiary/aromatic N) is 1. The molecule has 2 unspecified atom stereocenters. The standard InChI is InChI=1S/C23H36NO3/c1-6-24(12-8-11-20(14-24)23(26)27-16-17(2)3)15-21(25)13-22-18(4)9-7-10-19(22)5/h7,9-10,17,20H,6,8,11-16H2,1-5H3/q+1. The second-order valence-corrected chi connectivity index (χ2v) is 8.67. The molecule has 1 aliphatic heterocycles. The zero-order chi connectivity index (χ0) is 20.0. The van der Waals surface area contributed by atoms with Crippen LogP contribution < -0.4 is 0 Å². The zero-order valence-corrected chi connectivity index (χ0v) is 17.7. The maximum Gasteiger partial charge on any atom is 0.314 e. The fraction of sp³-hybridized carbons (Fsp3) is 0.652. The molecule has 0 spiro atoms. The molecule has 0 aromatic heterocycles. The van der Waals surface area contributed by atoms with Gasteiger partial charge in [0.25, 0.3) is 0 Å². The Balaban J connectivity index is 2.03. The number of likely N-dealkylation sites (N-methyl/N-ethyl adjacent to an activating group) is 1. The lowest BCUT2D eigenvalue weighted by Gasteiger charge is -2.42. The summed E-state index contributed by atoms with van der Waals surface area (Å²) in [6.45, 7) is 13.9. The van der Waals surface area contributed by atoms with E-state index in [0.717, 1.165) is 38.0 Å². The Kier molecular flexibility index (Phi) is 7.60. The molecule has 2 atom stereocenters. The summed E-state index contributed by atoms with van der Waals surface area (Å²) in [6, 6.07) is 6.18. The van der Waals surface area contributed by atoms with Crippen LogP contribution in [0.2, 0.25) is 0 Å². The van der Waals surface area contributed by atoms with Crippen molar-refractivity contribution in [1.29, 1.82) is 0 Å². The van der Waals surface area contributed by atoms with Gasteiger partial charge in [-0.2, -0.15) is 0 Å². The first-order chi connectivity index (χ1) is 12.8. The largest absolute Gasteiger partial charge is 0.465 e. The van der Waals surface area contributed by atoms with Gasteiger partial charge in [-0.15, -0.1) is 0 Å². The summed E-state index contributed by atoms with van der Waals surface area (Å²) in [4.78, 5) is 25.4. The molecule has 1 fully saturated rings. The molecule has 0 bridgehead atoms. The van der Waals surface area contributed by atoms with E-state index in [0.29, 0.717) is 30.0 Å². The van der Waals surface area contributed by atoms with E-state index in [1.54, 1.807) is 0 Å². The molecule has 0 radical (unpaired) electrons. The van der Waals surface area contributed by atoms with Crippen molar-refractivity contribution >= 4 is 11.8 Å². The van der Waals surface area contributed by atoms with Crippen molar-refractivity contribution in [2.24, 2.45) is 11.8 Å². The number of ketones is 1. The zero-order valence-electron chi connectivity index (χ0n) is 17.7. The Morgan fingerprint density at radius 2 is 1.89 bits per heavy atom. The van der Waals surface area contributed by atoms with Gasteiger partial charge in [0.05, 0.1) is 26.2 Å². The second-order valence-electron chi connectivity index (χ2n) is 8.67. The fourth-order valence-corrected chi connectivity index (χ4v) is 4.18. The number of rotatable bonds is 8. The first-order valence-corrected chi connectivity index (χ1v) is 10.3. The Morgan fingerprint density at radius 3 is 2.48 bits per heavy atom. The quantitative estimate of drug-likeness (QED) is 0.513. The van der Waals surface area contributed by atoms with Gasteiger partial charge in [-0.05, 0) is 56.2 Å². The second kappa shape index (κ2) is 9.50. The molecule has 1 aromatic carbocycles. The smallest absolute Gasteiger partial charge is 0.314 e. The molecule has 1 saturated heterocycles. The molecular formula is C23H36NO3+. The third kappa shape index (κ3) is 5.90. The Labute approximate surface area is 164 Å². The molecular weight excluding hydrogens is 338 g/mol. The van der Waals surface area contributed by atoms with E-state index in [4.69, 9.17) is 4.74 Å². The SMILES string of the molecule is CC[N+]1(CC(=O)Cc2c(C)cccc2C)CCCC(C(=O)OCC(C)C)C1. The van der Waals surface area contributed by atoms with Crippen LogP contribution in [0.3, 0.4) is 0 Å². The van der Waals surface area contributed by atoms with Crippen LogP contribution in [0.25, 0.3) is 0 Å². The molecule has 1 aliphatic rings. The summed E-state index contributed by atoms with van der Waals surface area (Å²) in [6.07, 6.45) is 2.34. The monoisotopic (exact) mass is 374 g/mol. The number of carbonyl (C=O) groups excluding carboxylic acids is 2. The maximum atomic E-state index is 12.9. The van der Waals surface area contributed by atoms with Crippen LogP contribution in [-0.2, 0) is 20.7 Å². The predicted octanol–water partition coefficient (Wildman–Crippen LogP) is 3.86. The number of benzene rings is 1. The lowest BCUT2D eigenvalue weighted by Crippen LogP contribution is -2.58. The minimum Gasteiger partial charge on any atom is -0.465 e. The fourth-order valence-electron chi connectivity index (χ4n) is 4.18. The van der Waals surface area contributed by atoms with Gasteiger partial charge in [-0.25, -0.2) is 0 Å². The van der Waals surface area contributed by atoms with Gasteiger partial charge >= 0.3 is 5.97 Å². The summed E-state index contributed by atoms with van der Waals surface area (Å²) in [5, 5.41) is 0. The van der Waals surface area contributed by atoms with Gasteiger partial charge in [0.1, 0.15) is 12.5 Å². The van der Waals surface area contributed by atoms with Gasteiger partial charge in [0, 0.05) is 6.42 Å². The third-order valence-corrected chi connectivity index (χ3v) is 5.89. The minimum atomic E-state index is -0.0819. The van der Waals surface area contributed by atoms with Crippen LogP contribution in [0, 0.1) is 25.7 Å². The molecule has 0 amide bonds. The highest BCUT2D eigenvalue weighted by atomic mass is 16.5. The summed E-state index contributed by atoms with van der Waals surface area (Å²) in [5.41, 5.74) is 3.52. The number of ether oxygens (including phenoxy) is 1. The van der Waals surface area contributed by atoms with E-state index in [-0.39, 0.29) is 17.7 Å². The van der Waals surface area contributed by atoms with Gasteiger partial charge in [0.15, 0.2) is 5.78 Å². The number of piperidine rings is 1. The Hall–Kier alpha value is -1.68. The van der Waals surface area contributed by atoms with Crippen molar-refractivity contribution < 1.29 is 18.8 Å². The van der Waals surface area contributed by atoms with Crippen LogP contribution in [0.5, 0.6) is 0 Å². The summed E-state index contributed by atoms with van der Waals surface area (Å²) in [5.74, 6) is 0.458. The maximum absolute atomic E-state index is 12.9. The highest BCUT2D eigenvalue weighted by Crippen LogP contribution is 2.25. The van der Waals surface area contributed by atoms with Crippen LogP contribution in [0.15, 0.2) is 18.2 Å². The van der Waals surface area contributed by atoms with Gasteiger partial charge in [-0.1, -0.05) is 32.0 Å². The number of quaternary nitrogens is 1. The van der Waals surface area contributed by atoms with E-state index in [2.05, 4.69) is 32.9 Å². The van der Waals surface area contributed by atoms with E-state index in [1.165, 1.54) is 11.1 Å². The number of hydrogen-bond donors (Lipinski definition) is 0. The number of likely N-dealkylation sites (tertiary alicyclic amines) is 1. The lowest BCUT2D eigenvalue weighted by molar-refractivity contribution is -0.925. The molecule has 1 heterocycles. The third-order valence-electron chi connectivity index (χ3n) is 5.89. The van der Waals surface area contributed by atoms with E-state index >= 15 is 0 Å². The molecule has 0 saturated carbocycles. The van der Waals surface area contributed by atoms with E-state index in [1.807, 2.05) is 19.9 Å². The number of esters is 1. The topological polar surface area (TPSA) is 43.4 Å². The van der Waals surface area contributed by atoms with Crippen molar-refractivity contribution in [2.75, 3.05) is 32.8 Å². The number of aryl methyl sites for hydroxylation is 2. The lowest BCUT2D eigenvalue weighted by atomic mass is 9.93. The van der Waals surface area contributed by atoms with E-state index in [9.17, 15) is 9.59 Å². The predicted molar refractivity (Wildman–Crippen MR) is 109 cm³/mol. The summed E-state index contributed by atoms with van der Waals surface area (Å²) >= 11 is 0. The Bertz CT molecular complexity index is 647. The number of carbonyl (C=O) groups is 2. The minimum absolute atomic E-state index is 0.0783. The summed E-state index contributed by atoms with van der Waals surface area (Å²) in [7, 11) is 0. The average molecular weight is 375 g/mol. The molecule has 150 valence electrons. The number of Topliss-reactive ketones (excluding diaryl/α,β-unsaturated/α-hetero) is 1. The molecule has 0 aliphatic carbocycles. The van der Waals surface area contributed by atoms with Gasteiger partial charge < -0.3 is 9.22 Å².